The number of hydrogen-bond donors (Lipinski definition) is 0. The standard InChI is InChI=1S/C8H18N/c1-6(2)8(5,9)7(3)4/h6-7,9H,1-5H3. The van der Waals surface area contributed by atoms with Crippen LogP contribution in [0.3, 0.4) is 0 Å². The van der Waals surface area contributed by atoms with E-state index in [1.54, 1.807) is 0 Å². The van der Waals surface area contributed by atoms with E-state index in [0.717, 1.165) is 0 Å². The maximum atomic E-state index is 7.84. The van der Waals surface area contributed by atoms with Crippen molar-refractivity contribution in [1.29, 1.82) is 0 Å². The molecule has 1 radical (unpaired) electrons. The molecule has 1 nitrogen and oxygen atoms in total. The smallest absolute Gasteiger partial charge is 0.0341 e. The van der Waals surface area contributed by atoms with Crippen LogP contribution in [0.25, 0.3) is 0 Å². The molecule has 55 valence electrons. The van der Waals surface area contributed by atoms with Crippen molar-refractivity contribution >= 4 is 0 Å². The topological polar surface area (TPSA) is 23.8 Å². The third-order valence-corrected chi connectivity index (χ3v) is 2.40. The van der Waals surface area contributed by atoms with E-state index >= 15 is 0 Å². The Kier molecular flexibility index (Phi) is 2.68. The van der Waals surface area contributed by atoms with Crippen LogP contribution in [-0.2, 0) is 0 Å². The van der Waals surface area contributed by atoms with Crippen molar-refractivity contribution in [2.45, 2.75) is 40.2 Å². The van der Waals surface area contributed by atoms with Crippen LogP contribution in [0.4, 0.5) is 0 Å². The van der Waals surface area contributed by atoms with Crippen molar-refractivity contribution < 1.29 is 0 Å². The highest BCUT2D eigenvalue weighted by molar-refractivity contribution is 4.83. The van der Waals surface area contributed by atoms with Gasteiger partial charge in [-0.3, -0.25) is 5.73 Å². The Morgan fingerprint density at radius 1 is 1.00 bits per heavy atom. The van der Waals surface area contributed by atoms with Gasteiger partial charge in [-0.05, 0) is 18.8 Å². The molecule has 0 amide bonds. The predicted molar refractivity (Wildman–Crippen MR) is 41.2 cm³/mol. The molecule has 0 aliphatic heterocycles. The third kappa shape index (κ3) is 1.98. The molecule has 0 heterocycles. The van der Waals surface area contributed by atoms with Gasteiger partial charge in [-0.1, -0.05) is 27.7 Å². The van der Waals surface area contributed by atoms with Crippen molar-refractivity contribution in [2.75, 3.05) is 0 Å². The minimum atomic E-state index is -0.250. The second-order valence-corrected chi connectivity index (χ2v) is 3.59. The van der Waals surface area contributed by atoms with Gasteiger partial charge in [0.05, 0.1) is 0 Å². The van der Waals surface area contributed by atoms with Crippen LogP contribution >= 0.6 is 0 Å². The van der Waals surface area contributed by atoms with E-state index in [0.29, 0.717) is 11.8 Å². The first-order valence-electron chi connectivity index (χ1n) is 3.64. The summed E-state index contributed by atoms with van der Waals surface area (Å²) in [4.78, 5) is 0. The zero-order valence-corrected chi connectivity index (χ0v) is 7.15. The summed E-state index contributed by atoms with van der Waals surface area (Å²) in [5.41, 5.74) is 7.59. The first-order valence-corrected chi connectivity index (χ1v) is 3.64. The van der Waals surface area contributed by atoms with Gasteiger partial charge >= 0.3 is 0 Å². The average molecular weight is 128 g/mol. The molecule has 0 aromatic heterocycles. The first-order chi connectivity index (χ1) is 3.89. The molecule has 0 spiro atoms. The largest absolute Gasteiger partial charge is 0.251 e. The van der Waals surface area contributed by atoms with Crippen molar-refractivity contribution in [3.05, 3.63) is 0 Å². The highest BCUT2D eigenvalue weighted by Crippen LogP contribution is 2.23. The summed E-state index contributed by atoms with van der Waals surface area (Å²) in [6.45, 7) is 10.4. The van der Waals surface area contributed by atoms with Crippen LogP contribution in [0.1, 0.15) is 34.6 Å². The summed E-state index contributed by atoms with van der Waals surface area (Å²) in [6.07, 6.45) is 0. The van der Waals surface area contributed by atoms with Crippen LogP contribution in [-0.4, -0.2) is 5.54 Å². The summed E-state index contributed by atoms with van der Waals surface area (Å²) in [6, 6.07) is 0. The zero-order valence-electron chi connectivity index (χ0n) is 7.15. The minimum Gasteiger partial charge on any atom is -0.251 e. The third-order valence-electron chi connectivity index (χ3n) is 2.40. The Morgan fingerprint density at radius 3 is 1.22 bits per heavy atom. The Hall–Kier alpha value is -0.0400. The van der Waals surface area contributed by atoms with Crippen LogP contribution in [0.5, 0.6) is 0 Å². The minimum absolute atomic E-state index is 0.250. The molecule has 0 fully saturated rings. The Morgan fingerprint density at radius 2 is 1.22 bits per heavy atom. The van der Waals surface area contributed by atoms with Gasteiger partial charge in [-0.2, -0.15) is 0 Å². The van der Waals surface area contributed by atoms with Crippen molar-refractivity contribution in [3.63, 3.8) is 0 Å². The molecule has 0 rings (SSSR count). The average Bonchev–Trinajstić information content (AvgIpc) is 1.65. The lowest BCUT2D eigenvalue weighted by Gasteiger charge is -2.32. The maximum absolute atomic E-state index is 7.84. The number of rotatable bonds is 2. The zero-order chi connectivity index (χ0) is 7.65. The fraction of sp³-hybridized carbons (Fsp3) is 1.00. The van der Waals surface area contributed by atoms with Gasteiger partial charge < -0.3 is 0 Å². The van der Waals surface area contributed by atoms with E-state index < -0.39 is 0 Å². The molecule has 0 aliphatic carbocycles. The Bertz CT molecular complexity index is 72.6. The van der Waals surface area contributed by atoms with Crippen molar-refractivity contribution in [2.24, 2.45) is 11.8 Å². The molecule has 1 heteroatoms. The van der Waals surface area contributed by atoms with E-state index in [-0.39, 0.29) is 5.54 Å². The predicted octanol–water partition coefficient (Wildman–Crippen LogP) is 2.34. The van der Waals surface area contributed by atoms with Crippen molar-refractivity contribution in [1.82, 2.24) is 5.73 Å². The fourth-order valence-electron chi connectivity index (χ4n) is 0.667. The number of nitrogens with one attached hydrogen (secondary N) is 1. The van der Waals surface area contributed by atoms with Gasteiger partial charge in [-0.15, -0.1) is 0 Å². The molecular formula is C8H18N. The summed E-state index contributed by atoms with van der Waals surface area (Å²) >= 11 is 0. The van der Waals surface area contributed by atoms with Gasteiger partial charge in [-0.25, -0.2) is 0 Å². The van der Waals surface area contributed by atoms with Crippen molar-refractivity contribution in [3.8, 4) is 0 Å². The lowest BCUT2D eigenvalue weighted by atomic mass is 9.80. The molecule has 0 atom stereocenters. The van der Waals surface area contributed by atoms with Gasteiger partial charge in [0, 0.05) is 5.54 Å². The van der Waals surface area contributed by atoms with E-state index in [1.165, 1.54) is 0 Å². The van der Waals surface area contributed by atoms with Gasteiger partial charge in [0.1, 0.15) is 0 Å². The Labute approximate surface area is 58.6 Å². The van der Waals surface area contributed by atoms with E-state index in [2.05, 4.69) is 27.7 Å². The molecule has 0 saturated heterocycles. The molecule has 9 heavy (non-hydrogen) atoms. The summed E-state index contributed by atoms with van der Waals surface area (Å²) < 4.78 is 0. The van der Waals surface area contributed by atoms with E-state index in [4.69, 9.17) is 5.73 Å². The molecule has 0 aromatic carbocycles. The normalized spacial score (nSPS) is 13.3. The molecule has 0 unspecified atom stereocenters. The second-order valence-electron chi connectivity index (χ2n) is 3.59. The maximum Gasteiger partial charge on any atom is 0.0341 e. The quantitative estimate of drug-likeness (QED) is 0.545. The van der Waals surface area contributed by atoms with Crippen LogP contribution in [0.2, 0.25) is 0 Å². The second kappa shape index (κ2) is 2.70. The summed E-state index contributed by atoms with van der Waals surface area (Å²) in [5, 5.41) is 0. The van der Waals surface area contributed by atoms with E-state index in [9.17, 15) is 0 Å². The number of hydrogen-bond acceptors (Lipinski definition) is 0. The SMILES string of the molecule is CC(C)C(C)([NH])C(C)C. The molecule has 0 aliphatic rings. The summed E-state index contributed by atoms with van der Waals surface area (Å²) in [5.74, 6) is 0.912. The highest BCUT2D eigenvalue weighted by Gasteiger charge is 2.27. The van der Waals surface area contributed by atoms with Crippen LogP contribution in [0.15, 0.2) is 0 Å². The lowest BCUT2D eigenvalue weighted by Crippen LogP contribution is -2.38. The Balaban J connectivity index is 4.01. The highest BCUT2D eigenvalue weighted by atomic mass is 14.7. The molecule has 0 aromatic rings. The van der Waals surface area contributed by atoms with Crippen LogP contribution < -0.4 is 5.73 Å². The summed E-state index contributed by atoms with van der Waals surface area (Å²) in [7, 11) is 0. The van der Waals surface area contributed by atoms with E-state index in [1.807, 2.05) is 6.92 Å². The molecule has 1 N–H and O–H groups in total. The first kappa shape index (κ1) is 8.96. The molecular weight excluding hydrogens is 110 g/mol. The van der Waals surface area contributed by atoms with Gasteiger partial charge in [0.2, 0.25) is 0 Å². The molecule has 0 bridgehead atoms. The monoisotopic (exact) mass is 128 g/mol. The van der Waals surface area contributed by atoms with Crippen LogP contribution in [0, 0.1) is 11.8 Å². The fourth-order valence-corrected chi connectivity index (χ4v) is 0.667. The lowest BCUT2D eigenvalue weighted by molar-refractivity contribution is 0.239. The molecule has 0 saturated carbocycles. The van der Waals surface area contributed by atoms with Gasteiger partial charge in [0.25, 0.3) is 0 Å². The van der Waals surface area contributed by atoms with Gasteiger partial charge in [0.15, 0.2) is 0 Å².